The third-order valence-electron chi connectivity index (χ3n) is 2.50. The van der Waals surface area contributed by atoms with Gasteiger partial charge in [-0.1, -0.05) is 12.1 Å². The molecule has 1 N–H and O–H groups in total. The normalized spacial score (nSPS) is 11.0. The Morgan fingerprint density at radius 1 is 1.19 bits per heavy atom. The number of benzene rings is 1. The van der Waals surface area contributed by atoms with Crippen LogP contribution in [0.5, 0.6) is 5.75 Å². The fraction of sp³-hybridized carbons (Fsp3) is 0.214. The smallest absolute Gasteiger partial charge is 0.422 e. The van der Waals surface area contributed by atoms with Crippen molar-refractivity contribution in [2.45, 2.75) is 12.7 Å². The van der Waals surface area contributed by atoms with Crippen LogP contribution in [0.1, 0.15) is 9.75 Å². The molecule has 2 rings (SSSR count). The lowest BCUT2D eigenvalue weighted by Gasteiger charge is -2.14. The topological polar surface area (TPSA) is 45.0 Å². The van der Waals surface area contributed by atoms with Crippen LogP contribution in [-0.2, 0) is 6.54 Å². The number of alkyl halides is 3. The number of anilines is 1. The van der Waals surface area contributed by atoms with Gasteiger partial charge in [-0.2, -0.15) is 18.4 Å². The van der Waals surface area contributed by atoms with E-state index in [1.54, 1.807) is 30.3 Å². The molecule has 0 radical (unpaired) electrons. The molecule has 21 heavy (non-hydrogen) atoms. The maximum Gasteiger partial charge on any atom is 0.422 e. The van der Waals surface area contributed by atoms with Crippen molar-refractivity contribution >= 4 is 17.0 Å². The van der Waals surface area contributed by atoms with Crippen molar-refractivity contribution in [3.05, 3.63) is 46.2 Å². The number of nitriles is 1. The van der Waals surface area contributed by atoms with Crippen LogP contribution in [0.2, 0.25) is 0 Å². The molecular weight excluding hydrogens is 301 g/mol. The molecule has 7 heteroatoms. The third-order valence-corrected chi connectivity index (χ3v) is 3.49. The van der Waals surface area contributed by atoms with E-state index in [-0.39, 0.29) is 5.75 Å². The summed E-state index contributed by atoms with van der Waals surface area (Å²) in [6.07, 6.45) is -4.37. The zero-order chi connectivity index (χ0) is 15.3. The van der Waals surface area contributed by atoms with Crippen molar-refractivity contribution in [3.8, 4) is 11.8 Å². The van der Waals surface area contributed by atoms with Gasteiger partial charge in [0.15, 0.2) is 6.61 Å². The van der Waals surface area contributed by atoms with Crippen LogP contribution in [0.15, 0.2) is 36.4 Å². The Kier molecular flexibility index (Phi) is 4.70. The minimum absolute atomic E-state index is 0.145. The van der Waals surface area contributed by atoms with E-state index in [0.29, 0.717) is 17.1 Å². The summed E-state index contributed by atoms with van der Waals surface area (Å²) in [5, 5.41) is 11.8. The molecule has 0 bridgehead atoms. The lowest BCUT2D eigenvalue weighted by molar-refractivity contribution is -0.153. The Labute approximate surface area is 123 Å². The number of para-hydroxylation sites is 2. The van der Waals surface area contributed by atoms with Gasteiger partial charge < -0.3 is 10.1 Å². The first-order valence-electron chi connectivity index (χ1n) is 5.99. The highest BCUT2D eigenvalue weighted by molar-refractivity contribution is 7.12. The zero-order valence-electron chi connectivity index (χ0n) is 10.8. The first kappa shape index (κ1) is 15.2. The van der Waals surface area contributed by atoms with Crippen molar-refractivity contribution in [1.82, 2.24) is 0 Å². The molecule has 1 aromatic carbocycles. The number of hydrogen-bond donors (Lipinski definition) is 1. The molecule has 110 valence electrons. The van der Waals surface area contributed by atoms with Crippen LogP contribution in [0.25, 0.3) is 0 Å². The lowest BCUT2D eigenvalue weighted by Crippen LogP contribution is -2.19. The fourth-order valence-electron chi connectivity index (χ4n) is 1.61. The van der Waals surface area contributed by atoms with Gasteiger partial charge in [-0.25, -0.2) is 0 Å². The molecule has 0 spiro atoms. The zero-order valence-corrected chi connectivity index (χ0v) is 11.6. The minimum atomic E-state index is -4.37. The third kappa shape index (κ3) is 4.68. The van der Waals surface area contributed by atoms with Crippen molar-refractivity contribution in [2.24, 2.45) is 0 Å². The van der Waals surface area contributed by atoms with Gasteiger partial charge in [-0.15, -0.1) is 11.3 Å². The van der Waals surface area contributed by atoms with Gasteiger partial charge in [0.2, 0.25) is 0 Å². The molecule has 0 aliphatic carbocycles. The summed E-state index contributed by atoms with van der Waals surface area (Å²) in [5.41, 5.74) is 0.480. The average molecular weight is 312 g/mol. The summed E-state index contributed by atoms with van der Waals surface area (Å²) in [4.78, 5) is 1.51. The van der Waals surface area contributed by atoms with Crippen LogP contribution >= 0.6 is 11.3 Å². The Balaban J connectivity index is 2.01. The molecule has 3 nitrogen and oxygen atoms in total. The molecular formula is C14H11F3N2OS. The first-order valence-corrected chi connectivity index (χ1v) is 6.81. The Bertz CT molecular complexity index is 646. The number of rotatable bonds is 5. The molecule has 1 aromatic heterocycles. The molecule has 2 aromatic rings. The van der Waals surface area contributed by atoms with Gasteiger partial charge in [0, 0.05) is 11.4 Å². The molecule has 1 heterocycles. The molecule has 0 amide bonds. The standard InChI is InChI=1S/C14H11F3N2OS/c15-14(16,17)9-20-13-4-2-1-3-12(13)19-8-11-6-5-10(7-18)21-11/h1-6,19H,8-9H2. The summed E-state index contributed by atoms with van der Waals surface area (Å²) in [6.45, 7) is -0.915. The quantitative estimate of drug-likeness (QED) is 0.901. The van der Waals surface area contributed by atoms with Crippen LogP contribution in [-0.4, -0.2) is 12.8 Å². The first-order chi connectivity index (χ1) is 9.98. The molecule has 0 saturated heterocycles. The van der Waals surface area contributed by atoms with Gasteiger partial charge in [0.1, 0.15) is 16.7 Å². The maximum atomic E-state index is 12.2. The summed E-state index contributed by atoms with van der Waals surface area (Å²) in [6, 6.07) is 12.0. The van der Waals surface area contributed by atoms with E-state index in [9.17, 15) is 13.2 Å². The van der Waals surface area contributed by atoms with Crippen LogP contribution in [0, 0.1) is 11.3 Å². The van der Waals surface area contributed by atoms with E-state index < -0.39 is 12.8 Å². The SMILES string of the molecule is N#Cc1ccc(CNc2ccccc2OCC(F)(F)F)s1. The number of nitrogens with zero attached hydrogens (tertiary/aromatic N) is 1. The summed E-state index contributed by atoms with van der Waals surface area (Å²) in [7, 11) is 0. The van der Waals surface area contributed by atoms with E-state index in [0.717, 1.165) is 4.88 Å². The number of halogens is 3. The van der Waals surface area contributed by atoms with Gasteiger partial charge in [0.05, 0.1) is 5.69 Å². The summed E-state index contributed by atoms with van der Waals surface area (Å²) in [5.74, 6) is 0.145. The summed E-state index contributed by atoms with van der Waals surface area (Å²) < 4.78 is 41.4. The predicted molar refractivity (Wildman–Crippen MR) is 74.4 cm³/mol. The van der Waals surface area contributed by atoms with Crippen LogP contribution < -0.4 is 10.1 Å². The second kappa shape index (κ2) is 6.50. The van der Waals surface area contributed by atoms with Crippen molar-refractivity contribution in [2.75, 3.05) is 11.9 Å². The van der Waals surface area contributed by atoms with Gasteiger partial charge in [-0.3, -0.25) is 0 Å². The van der Waals surface area contributed by atoms with E-state index in [1.807, 2.05) is 6.07 Å². The molecule has 0 aliphatic rings. The van der Waals surface area contributed by atoms with Crippen molar-refractivity contribution in [3.63, 3.8) is 0 Å². The van der Waals surface area contributed by atoms with Crippen molar-refractivity contribution < 1.29 is 17.9 Å². The van der Waals surface area contributed by atoms with E-state index in [4.69, 9.17) is 10.00 Å². The second-order valence-electron chi connectivity index (χ2n) is 4.13. The molecule has 0 atom stereocenters. The highest BCUT2D eigenvalue weighted by Crippen LogP contribution is 2.27. The molecule has 0 unspecified atom stereocenters. The largest absolute Gasteiger partial charge is 0.482 e. The molecule has 0 fully saturated rings. The molecule has 0 saturated carbocycles. The van der Waals surface area contributed by atoms with Crippen LogP contribution in [0.4, 0.5) is 18.9 Å². The number of thiophene rings is 1. The fourth-order valence-corrected chi connectivity index (χ4v) is 2.36. The average Bonchev–Trinajstić information content (AvgIpc) is 2.91. The minimum Gasteiger partial charge on any atom is -0.482 e. The number of ether oxygens (including phenoxy) is 1. The van der Waals surface area contributed by atoms with E-state index in [2.05, 4.69) is 5.32 Å². The molecule has 0 aliphatic heterocycles. The van der Waals surface area contributed by atoms with E-state index >= 15 is 0 Å². The highest BCUT2D eigenvalue weighted by atomic mass is 32.1. The van der Waals surface area contributed by atoms with E-state index in [1.165, 1.54) is 17.4 Å². The van der Waals surface area contributed by atoms with Gasteiger partial charge in [-0.05, 0) is 24.3 Å². The lowest BCUT2D eigenvalue weighted by atomic mass is 10.3. The monoisotopic (exact) mass is 312 g/mol. The Morgan fingerprint density at radius 3 is 2.62 bits per heavy atom. The number of hydrogen-bond acceptors (Lipinski definition) is 4. The Morgan fingerprint density at radius 2 is 1.95 bits per heavy atom. The number of nitrogens with one attached hydrogen (secondary N) is 1. The van der Waals surface area contributed by atoms with Gasteiger partial charge in [0.25, 0.3) is 0 Å². The Hall–Kier alpha value is -2.20. The van der Waals surface area contributed by atoms with Gasteiger partial charge >= 0.3 is 6.18 Å². The highest BCUT2D eigenvalue weighted by Gasteiger charge is 2.28. The predicted octanol–water partition coefficient (Wildman–Crippen LogP) is 4.17. The van der Waals surface area contributed by atoms with Crippen molar-refractivity contribution in [1.29, 1.82) is 5.26 Å². The second-order valence-corrected chi connectivity index (χ2v) is 5.30. The van der Waals surface area contributed by atoms with Crippen LogP contribution in [0.3, 0.4) is 0 Å². The maximum absolute atomic E-state index is 12.2. The summed E-state index contributed by atoms with van der Waals surface area (Å²) >= 11 is 1.33.